The van der Waals surface area contributed by atoms with Gasteiger partial charge in [-0.1, -0.05) is 47.5 Å². The van der Waals surface area contributed by atoms with E-state index in [1.165, 1.54) is 26.5 Å². The Labute approximate surface area is 208 Å². The largest absolute Gasteiger partial charge is 0.478 e. The molecule has 192 valence electrons. The normalized spacial score (nSPS) is 42.9. The van der Waals surface area contributed by atoms with Crippen LogP contribution in [0.2, 0.25) is 0 Å². The van der Waals surface area contributed by atoms with Gasteiger partial charge in [-0.25, -0.2) is 4.79 Å². The highest BCUT2D eigenvalue weighted by Gasteiger charge is 2.68. The number of fused-ring (bicyclic) bond motifs is 5. The summed E-state index contributed by atoms with van der Waals surface area (Å²) in [5.74, 6) is -3.11. The molecule has 0 aromatic rings. The fourth-order valence-corrected chi connectivity index (χ4v) is 9.35. The van der Waals surface area contributed by atoms with Crippen LogP contribution in [0.25, 0.3) is 0 Å². The van der Waals surface area contributed by atoms with Crippen molar-refractivity contribution < 1.29 is 29.0 Å². The van der Waals surface area contributed by atoms with Crippen LogP contribution in [0.15, 0.2) is 22.8 Å². The molecule has 1 N–H and O–H groups in total. The minimum atomic E-state index is -1.32. The van der Waals surface area contributed by atoms with E-state index in [0.717, 1.165) is 32.1 Å². The number of esters is 1. The molecule has 4 aliphatic rings. The van der Waals surface area contributed by atoms with Gasteiger partial charge in [-0.15, -0.1) is 0 Å². The third-order valence-electron chi connectivity index (χ3n) is 11.1. The molecule has 0 aromatic heterocycles. The predicted molar refractivity (Wildman–Crippen MR) is 131 cm³/mol. The van der Waals surface area contributed by atoms with Crippen LogP contribution in [0.4, 0.5) is 0 Å². The van der Waals surface area contributed by atoms with E-state index in [1.54, 1.807) is 6.92 Å². The maximum absolute atomic E-state index is 13.3. The summed E-state index contributed by atoms with van der Waals surface area (Å²) in [6.07, 6.45) is 8.31. The quantitative estimate of drug-likeness (QED) is 0.429. The maximum Gasteiger partial charge on any atom is 0.333 e. The molecule has 0 heterocycles. The summed E-state index contributed by atoms with van der Waals surface area (Å²) in [6, 6.07) is 0. The first-order valence-corrected chi connectivity index (χ1v) is 13.1. The number of carboxylic acids is 1. The zero-order valence-electron chi connectivity index (χ0n) is 22.2. The number of Topliss-reactive ketones (excluding diaryl/α,β-unsaturated/α-hetero) is 1. The van der Waals surface area contributed by atoms with Crippen LogP contribution in [-0.4, -0.2) is 35.7 Å². The monoisotopic (exact) mass is 484 g/mol. The summed E-state index contributed by atoms with van der Waals surface area (Å²) in [5, 5.41) is 10.3. The van der Waals surface area contributed by atoms with Crippen molar-refractivity contribution in [2.75, 3.05) is 7.11 Å². The molecule has 4 aliphatic carbocycles. The molecular formula is C29H40O6. The van der Waals surface area contributed by atoms with Crippen molar-refractivity contribution in [3.05, 3.63) is 22.8 Å². The second-order valence-corrected chi connectivity index (χ2v) is 12.5. The molecule has 4 rings (SSSR count). The number of allylic oxidation sites excluding steroid dienone is 3. The molecule has 3 fully saturated rings. The Morgan fingerprint density at radius 1 is 1.09 bits per heavy atom. The van der Waals surface area contributed by atoms with Gasteiger partial charge in [0.25, 0.3) is 0 Å². The molecule has 0 bridgehead atoms. The second kappa shape index (κ2) is 8.14. The maximum atomic E-state index is 13.3. The molecule has 0 aromatic carbocycles. The van der Waals surface area contributed by atoms with E-state index in [-0.39, 0.29) is 27.9 Å². The van der Waals surface area contributed by atoms with Gasteiger partial charge in [0, 0.05) is 5.41 Å². The zero-order chi connectivity index (χ0) is 26.1. The SMILES string of the molecule is CC[C@@]1(C)CCC[C@]2(C)[C@H]3CC(C(=O)OC)[C@@]4(C)C(=CC(=O)C(C(C)=O)=C4C(=O)O)[C@]3(C)CC[C@@H]12. The molecule has 0 radical (unpaired) electrons. The van der Waals surface area contributed by atoms with Gasteiger partial charge in [-0.2, -0.15) is 0 Å². The number of carboxylic acid groups (broad SMARTS) is 1. The van der Waals surface area contributed by atoms with Gasteiger partial charge in [0.05, 0.1) is 24.2 Å². The van der Waals surface area contributed by atoms with Crippen LogP contribution >= 0.6 is 0 Å². The lowest BCUT2D eigenvalue weighted by Gasteiger charge is -2.68. The summed E-state index contributed by atoms with van der Waals surface area (Å²) < 4.78 is 5.25. The summed E-state index contributed by atoms with van der Waals surface area (Å²) in [4.78, 5) is 51.8. The van der Waals surface area contributed by atoms with Crippen LogP contribution in [0, 0.1) is 39.4 Å². The van der Waals surface area contributed by atoms with E-state index in [0.29, 0.717) is 17.9 Å². The number of hydrogen-bond acceptors (Lipinski definition) is 5. The average molecular weight is 485 g/mol. The number of aliphatic carboxylic acids is 1. The van der Waals surface area contributed by atoms with Crippen LogP contribution in [0.1, 0.15) is 86.5 Å². The van der Waals surface area contributed by atoms with Crippen LogP contribution in [-0.2, 0) is 23.9 Å². The first-order valence-electron chi connectivity index (χ1n) is 13.1. The number of hydrogen-bond donors (Lipinski definition) is 1. The highest BCUT2D eigenvalue weighted by atomic mass is 16.5. The average Bonchev–Trinajstić information content (AvgIpc) is 2.78. The number of rotatable bonds is 4. The predicted octanol–water partition coefficient (Wildman–Crippen LogP) is 5.30. The van der Waals surface area contributed by atoms with E-state index in [1.807, 2.05) is 0 Å². The molecule has 35 heavy (non-hydrogen) atoms. The molecule has 0 aliphatic heterocycles. The first-order chi connectivity index (χ1) is 16.2. The molecular weight excluding hydrogens is 444 g/mol. The Morgan fingerprint density at radius 2 is 1.74 bits per heavy atom. The van der Waals surface area contributed by atoms with Crippen molar-refractivity contribution in [3.8, 4) is 0 Å². The standard InChI is InChI=1S/C29H40O6/c1-8-26(3)11-9-12-27(4)19(26)10-13-28(5)20(27)14-17(25(34)35-7)29(6)21(28)15-18(31)22(16(2)30)23(29)24(32)33/h15,17,19-20H,8-14H2,1-7H3,(H,32,33)/t17?,19-,20+,26-,27-,28+,29-/m0/s1. The van der Waals surface area contributed by atoms with Crippen molar-refractivity contribution in [2.45, 2.75) is 86.5 Å². The fourth-order valence-electron chi connectivity index (χ4n) is 9.35. The van der Waals surface area contributed by atoms with E-state index >= 15 is 0 Å². The van der Waals surface area contributed by atoms with Crippen molar-refractivity contribution in [1.82, 2.24) is 0 Å². The van der Waals surface area contributed by atoms with Crippen molar-refractivity contribution in [2.24, 2.45) is 39.4 Å². The number of carbonyl (C=O) groups is 4. The topological polar surface area (TPSA) is 97.7 Å². The lowest BCUT2D eigenvalue weighted by Crippen LogP contribution is -2.62. The van der Waals surface area contributed by atoms with Gasteiger partial charge in [0.15, 0.2) is 11.6 Å². The number of ether oxygens (including phenoxy) is 1. The smallest absolute Gasteiger partial charge is 0.333 e. The van der Waals surface area contributed by atoms with Gasteiger partial charge in [-0.05, 0) is 78.8 Å². The Kier molecular flexibility index (Phi) is 6.01. The number of carbonyl (C=O) groups excluding carboxylic acids is 3. The van der Waals surface area contributed by atoms with E-state index in [2.05, 4.69) is 27.7 Å². The molecule has 6 heteroatoms. The third-order valence-corrected chi connectivity index (χ3v) is 11.1. The Hall–Kier alpha value is -2.24. The van der Waals surface area contributed by atoms with Gasteiger partial charge in [0.1, 0.15) is 0 Å². The van der Waals surface area contributed by atoms with Gasteiger partial charge in [-0.3, -0.25) is 14.4 Å². The number of methoxy groups -OCH3 is 1. The molecule has 6 nitrogen and oxygen atoms in total. The molecule has 1 unspecified atom stereocenters. The highest BCUT2D eigenvalue weighted by molar-refractivity contribution is 6.28. The summed E-state index contributed by atoms with van der Waals surface area (Å²) >= 11 is 0. The molecule has 0 saturated heterocycles. The zero-order valence-corrected chi connectivity index (χ0v) is 22.2. The van der Waals surface area contributed by atoms with Crippen LogP contribution < -0.4 is 0 Å². The van der Waals surface area contributed by atoms with Crippen molar-refractivity contribution >= 4 is 23.5 Å². The van der Waals surface area contributed by atoms with Gasteiger partial charge < -0.3 is 9.84 Å². The fraction of sp³-hybridized carbons (Fsp3) is 0.724. The van der Waals surface area contributed by atoms with Crippen molar-refractivity contribution in [3.63, 3.8) is 0 Å². The Balaban J connectivity index is 1.98. The highest BCUT2D eigenvalue weighted by Crippen LogP contribution is 2.73. The van der Waals surface area contributed by atoms with E-state index < -0.39 is 40.3 Å². The molecule has 0 spiro atoms. The third kappa shape index (κ3) is 3.27. The van der Waals surface area contributed by atoms with E-state index in [9.17, 15) is 24.3 Å². The summed E-state index contributed by atoms with van der Waals surface area (Å²) in [5.41, 5.74) is -1.40. The minimum Gasteiger partial charge on any atom is -0.478 e. The summed E-state index contributed by atoms with van der Waals surface area (Å²) in [6.45, 7) is 12.2. The van der Waals surface area contributed by atoms with E-state index in [4.69, 9.17) is 4.74 Å². The Morgan fingerprint density at radius 3 is 2.29 bits per heavy atom. The van der Waals surface area contributed by atoms with Crippen LogP contribution in [0.5, 0.6) is 0 Å². The minimum absolute atomic E-state index is 0.0402. The molecule has 0 amide bonds. The summed E-state index contributed by atoms with van der Waals surface area (Å²) in [7, 11) is 1.33. The molecule has 7 atom stereocenters. The van der Waals surface area contributed by atoms with Crippen LogP contribution in [0.3, 0.4) is 0 Å². The van der Waals surface area contributed by atoms with Gasteiger partial charge >= 0.3 is 11.9 Å². The lowest BCUT2D eigenvalue weighted by molar-refractivity contribution is -0.171. The lowest BCUT2D eigenvalue weighted by atomic mass is 9.35. The molecule has 3 saturated carbocycles. The Bertz CT molecular complexity index is 1070. The first kappa shape index (κ1) is 25.8. The second-order valence-electron chi connectivity index (χ2n) is 12.5. The van der Waals surface area contributed by atoms with Crippen molar-refractivity contribution in [1.29, 1.82) is 0 Å². The van der Waals surface area contributed by atoms with Gasteiger partial charge in [0.2, 0.25) is 0 Å². The number of ketones is 2.